The van der Waals surface area contributed by atoms with Gasteiger partial charge in [0, 0.05) is 6.04 Å². The Balaban J connectivity index is 2.13. The van der Waals surface area contributed by atoms with Gasteiger partial charge in [-0.15, -0.1) is 0 Å². The molecule has 0 aromatic heterocycles. The van der Waals surface area contributed by atoms with Crippen molar-refractivity contribution < 1.29 is 0 Å². The average molecular weight is 195 g/mol. The molecule has 0 aliphatic heterocycles. The Labute approximate surface area is 88.4 Å². The zero-order chi connectivity index (χ0) is 10.2. The topological polar surface area (TPSA) is 26.0 Å². The molecule has 2 rings (SSSR count). The summed E-state index contributed by atoms with van der Waals surface area (Å²) in [6.45, 7) is 4.78. The van der Waals surface area contributed by atoms with Crippen molar-refractivity contribution in [1.82, 2.24) is 0 Å². The van der Waals surface area contributed by atoms with Crippen molar-refractivity contribution in [2.24, 2.45) is 23.0 Å². The summed E-state index contributed by atoms with van der Waals surface area (Å²) in [7, 11) is 0. The third-order valence-corrected chi connectivity index (χ3v) is 4.76. The van der Waals surface area contributed by atoms with Crippen LogP contribution in [0.5, 0.6) is 0 Å². The van der Waals surface area contributed by atoms with E-state index in [0.717, 1.165) is 11.8 Å². The quantitative estimate of drug-likeness (QED) is 0.682. The number of nitrogens with two attached hydrogens (primary N) is 1. The molecular formula is C13H25N. The van der Waals surface area contributed by atoms with E-state index in [1.165, 1.54) is 44.9 Å². The van der Waals surface area contributed by atoms with Crippen LogP contribution in [-0.2, 0) is 0 Å². The molecule has 14 heavy (non-hydrogen) atoms. The Hall–Kier alpha value is -0.0400. The van der Waals surface area contributed by atoms with Crippen LogP contribution in [-0.4, -0.2) is 6.04 Å². The number of hydrogen-bond donors (Lipinski definition) is 1. The lowest BCUT2D eigenvalue weighted by Crippen LogP contribution is -2.42. The molecule has 82 valence electrons. The molecule has 0 aromatic carbocycles. The van der Waals surface area contributed by atoms with E-state index in [4.69, 9.17) is 5.73 Å². The molecule has 0 aromatic rings. The van der Waals surface area contributed by atoms with Crippen molar-refractivity contribution >= 4 is 0 Å². The highest BCUT2D eigenvalue weighted by molar-refractivity contribution is 4.97. The first-order valence-electron chi connectivity index (χ1n) is 6.40. The van der Waals surface area contributed by atoms with Crippen LogP contribution in [0.4, 0.5) is 0 Å². The summed E-state index contributed by atoms with van der Waals surface area (Å²) in [6, 6.07) is 0.494. The number of rotatable bonds is 1. The average Bonchev–Trinajstić information content (AvgIpc) is 2.59. The summed E-state index contributed by atoms with van der Waals surface area (Å²) in [4.78, 5) is 0. The molecule has 1 spiro atoms. The predicted molar refractivity (Wildman–Crippen MR) is 61.1 cm³/mol. The largest absolute Gasteiger partial charge is 0.328 e. The SMILES string of the molecule is CC(C)C1CC(N)CCC12CCCC2. The van der Waals surface area contributed by atoms with E-state index in [0.29, 0.717) is 11.5 Å². The van der Waals surface area contributed by atoms with Crippen LogP contribution in [0, 0.1) is 17.3 Å². The Bertz CT molecular complexity index is 191. The van der Waals surface area contributed by atoms with Gasteiger partial charge >= 0.3 is 0 Å². The lowest BCUT2D eigenvalue weighted by Gasteiger charge is -2.46. The molecule has 2 saturated carbocycles. The fraction of sp³-hybridized carbons (Fsp3) is 1.00. The van der Waals surface area contributed by atoms with Crippen LogP contribution in [0.15, 0.2) is 0 Å². The lowest BCUT2D eigenvalue weighted by atomic mass is 9.60. The van der Waals surface area contributed by atoms with Crippen molar-refractivity contribution in [1.29, 1.82) is 0 Å². The molecule has 2 aliphatic rings. The highest BCUT2D eigenvalue weighted by atomic mass is 14.7. The van der Waals surface area contributed by atoms with Gasteiger partial charge in [-0.25, -0.2) is 0 Å². The van der Waals surface area contributed by atoms with Gasteiger partial charge < -0.3 is 5.73 Å². The summed E-state index contributed by atoms with van der Waals surface area (Å²) >= 11 is 0. The zero-order valence-electron chi connectivity index (χ0n) is 9.76. The van der Waals surface area contributed by atoms with Crippen molar-refractivity contribution in [2.45, 2.75) is 64.8 Å². The lowest BCUT2D eigenvalue weighted by molar-refractivity contribution is 0.0546. The van der Waals surface area contributed by atoms with Gasteiger partial charge in [-0.3, -0.25) is 0 Å². The van der Waals surface area contributed by atoms with E-state index in [1.54, 1.807) is 0 Å². The minimum Gasteiger partial charge on any atom is -0.328 e. The fourth-order valence-electron chi connectivity index (χ4n) is 4.03. The summed E-state index contributed by atoms with van der Waals surface area (Å²) in [5.74, 6) is 1.74. The zero-order valence-corrected chi connectivity index (χ0v) is 9.76. The maximum absolute atomic E-state index is 6.11. The second kappa shape index (κ2) is 3.84. The van der Waals surface area contributed by atoms with Crippen LogP contribution in [0.3, 0.4) is 0 Å². The molecule has 0 bridgehead atoms. The van der Waals surface area contributed by atoms with Crippen molar-refractivity contribution in [3.63, 3.8) is 0 Å². The molecule has 0 radical (unpaired) electrons. The molecule has 0 heterocycles. The Kier molecular flexibility index (Phi) is 2.88. The van der Waals surface area contributed by atoms with E-state index >= 15 is 0 Å². The summed E-state index contributed by atoms with van der Waals surface area (Å²) in [5, 5.41) is 0. The van der Waals surface area contributed by atoms with Gasteiger partial charge in [-0.2, -0.15) is 0 Å². The first-order valence-corrected chi connectivity index (χ1v) is 6.40. The van der Waals surface area contributed by atoms with E-state index in [2.05, 4.69) is 13.8 Å². The Morgan fingerprint density at radius 2 is 1.79 bits per heavy atom. The first kappa shape index (κ1) is 10.5. The van der Waals surface area contributed by atoms with Gasteiger partial charge in [-0.05, 0) is 49.4 Å². The van der Waals surface area contributed by atoms with E-state index in [9.17, 15) is 0 Å². The molecule has 2 N–H and O–H groups in total. The highest BCUT2D eigenvalue weighted by Crippen LogP contribution is 2.54. The summed E-state index contributed by atoms with van der Waals surface area (Å²) in [5.41, 5.74) is 6.83. The van der Waals surface area contributed by atoms with Crippen LogP contribution in [0.25, 0.3) is 0 Å². The van der Waals surface area contributed by atoms with Gasteiger partial charge in [0.1, 0.15) is 0 Å². The predicted octanol–water partition coefficient (Wildman–Crippen LogP) is 3.33. The third-order valence-electron chi connectivity index (χ3n) is 4.76. The maximum atomic E-state index is 6.11. The van der Waals surface area contributed by atoms with Crippen LogP contribution < -0.4 is 5.73 Å². The molecule has 1 heteroatoms. The molecule has 2 aliphatic carbocycles. The second-order valence-corrected chi connectivity index (χ2v) is 5.95. The first-order chi connectivity index (χ1) is 6.64. The Morgan fingerprint density at radius 1 is 1.14 bits per heavy atom. The molecule has 0 amide bonds. The normalized spacial score (nSPS) is 36.9. The molecular weight excluding hydrogens is 170 g/mol. The smallest absolute Gasteiger partial charge is 0.00419 e. The van der Waals surface area contributed by atoms with Gasteiger partial charge in [0.05, 0.1) is 0 Å². The van der Waals surface area contributed by atoms with E-state index in [-0.39, 0.29) is 0 Å². The van der Waals surface area contributed by atoms with Gasteiger partial charge in [0.2, 0.25) is 0 Å². The summed E-state index contributed by atoms with van der Waals surface area (Å²) in [6.07, 6.45) is 9.90. The standard InChI is InChI=1S/C13H25N/c1-10(2)12-9-11(14)5-8-13(12)6-3-4-7-13/h10-12H,3-9,14H2,1-2H3. The van der Waals surface area contributed by atoms with Crippen molar-refractivity contribution in [2.75, 3.05) is 0 Å². The fourth-order valence-corrected chi connectivity index (χ4v) is 4.03. The highest BCUT2D eigenvalue weighted by Gasteiger charge is 2.45. The van der Waals surface area contributed by atoms with Crippen LogP contribution in [0.1, 0.15) is 58.8 Å². The molecule has 2 unspecified atom stereocenters. The van der Waals surface area contributed by atoms with E-state index in [1.807, 2.05) is 0 Å². The minimum absolute atomic E-state index is 0.494. The monoisotopic (exact) mass is 195 g/mol. The minimum atomic E-state index is 0.494. The molecule has 1 nitrogen and oxygen atoms in total. The summed E-state index contributed by atoms with van der Waals surface area (Å²) < 4.78 is 0. The van der Waals surface area contributed by atoms with Crippen molar-refractivity contribution in [3.05, 3.63) is 0 Å². The molecule has 2 atom stereocenters. The van der Waals surface area contributed by atoms with Crippen molar-refractivity contribution in [3.8, 4) is 0 Å². The van der Waals surface area contributed by atoms with Gasteiger partial charge in [0.15, 0.2) is 0 Å². The third kappa shape index (κ3) is 1.71. The second-order valence-electron chi connectivity index (χ2n) is 5.95. The molecule has 0 saturated heterocycles. The van der Waals surface area contributed by atoms with Crippen LogP contribution >= 0.6 is 0 Å². The maximum Gasteiger partial charge on any atom is 0.00419 e. The van der Waals surface area contributed by atoms with Crippen LogP contribution in [0.2, 0.25) is 0 Å². The Morgan fingerprint density at radius 3 is 2.36 bits per heavy atom. The number of hydrogen-bond acceptors (Lipinski definition) is 1. The van der Waals surface area contributed by atoms with Gasteiger partial charge in [-0.1, -0.05) is 26.7 Å². The van der Waals surface area contributed by atoms with Gasteiger partial charge in [0.25, 0.3) is 0 Å². The molecule has 2 fully saturated rings. The van der Waals surface area contributed by atoms with E-state index < -0.39 is 0 Å².